The first-order valence-corrected chi connectivity index (χ1v) is 8.74. The average Bonchev–Trinajstić information content (AvgIpc) is 2.37. The van der Waals surface area contributed by atoms with E-state index in [4.69, 9.17) is 9.05 Å². The number of rotatable bonds is 8. The first-order valence-electron chi connectivity index (χ1n) is 6.40. The molecule has 1 aromatic rings. The van der Waals surface area contributed by atoms with Gasteiger partial charge in [0.2, 0.25) is 0 Å². The second-order valence-corrected chi connectivity index (χ2v) is 6.89. The predicted octanol–water partition coefficient (Wildman–Crippen LogP) is 4.32. The van der Waals surface area contributed by atoms with E-state index in [1.807, 2.05) is 24.3 Å². The molecule has 1 N–H and O–H groups in total. The smallest absolute Gasteiger partial charge is 0.297 e. The molecule has 19 heavy (non-hydrogen) atoms. The van der Waals surface area contributed by atoms with Gasteiger partial charge in [0.05, 0.1) is 13.2 Å². The second kappa shape index (κ2) is 8.18. The van der Waals surface area contributed by atoms with Crippen molar-refractivity contribution in [1.82, 2.24) is 5.09 Å². The molecule has 0 radical (unpaired) electrons. The van der Waals surface area contributed by atoms with Crippen molar-refractivity contribution in [3.8, 4) is 0 Å². The van der Waals surface area contributed by atoms with Gasteiger partial charge in [-0.3, -0.25) is 9.05 Å². The highest BCUT2D eigenvalue weighted by molar-refractivity contribution is 9.10. The van der Waals surface area contributed by atoms with Gasteiger partial charge >= 0.3 is 7.75 Å². The van der Waals surface area contributed by atoms with E-state index < -0.39 is 7.75 Å². The van der Waals surface area contributed by atoms with Crippen molar-refractivity contribution in [1.29, 1.82) is 0 Å². The summed E-state index contributed by atoms with van der Waals surface area (Å²) in [5, 5.41) is 2.91. The minimum atomic E-state index is -3.16. The van der Waals surface area contributed by atoms with Crippen LogP contribution in [0.15, 0.2) is 28.7 Å². The highest BCUT2D eigenvalue weighted by Gasteiger charge is 2.23. The topological polar surface area (TPSA) is 47.6 Å². The summed E-state index contributed by atoms with van der Waals surface area (Å²) in [5.74, 6) is 0.224. The lowest BCUT2D eigenvalue weighted by Gasteiger charge is -2.20. The van der Waals surface area contributed by atoms with Gasteiger partial charge in [0.25, 0.3) is 0 Å². The molecule has 0 aliphatic carbocycles. The van der Waals surface area contributed by atoms with Crippen molar-refractivity contribution in [3.63, 3.8) is 0 Å². The third-order valence-electron chi connectivity index (χ3n) is 2.63. The number of hydrogen-bond donors (Lipinski definition) is 1. The van der Waals surface area contributed by atoms with Gasteiger partial charge in [0, 0.05) is 11.0 Å². The van der Waals surface area contributed by atoms with Gasteiger partial charge in [0.15, 0.2) is 0 Å². The van der Waals surface area contributed by atoms with E-state index in [0.717, 1.165) is 4.47 Å². The molecule has 0 spiro atoms. The molecule has 4 nitrogen and oxygen atoms in total. The lowest BCUT2D eigenvalue weighted by atomic mass is 10.0. The molecular weight excluding hydrogens is 329 g/mol. The van der Waals surface area contributed by atoms with E-state index >= 15 is 0 Å². The SMILES string of the molecule is CCOP(=O)(NCC(C)c1ccc(Br)cc1)OCC. The largest absolute Gasteiger partial charge is 0.405 e. The minimum absolute atomic E-state index is 0.224. The van der Waals surface area contributed by atoms with Crippen LogP contribution in [0.1, 0.15) is 32.3 Å². The van der Waals surface area contributed by atoms with E-state index in [2.05, 4.69) is 27.9 Å². The molecule has 108 valence electrons. The summed E-state index contributed by atoms with van der Waals surface area (Å²) in [6, 6.07) is 8.08. The zero-order chi connectivity index (χ0) is 14.3. The van der Waals surface area contributed by atoms with Gasteiger partial charge in [-0.05, 0) is 37.5 Å². The molecular formula is C13H21BrNO3P. The summed E-state index contributed by atoms with van der Waals surface area (Å²) < 4.78 is 23.7. The van der Waals surface area contributed by atoms with Crippen molar-refractivity contribution in [2.75, 3.05) is 19.8 Å². The number of halogens is 1. The van der Waals surface area contributed by atoms with Crippen LogP contribution in [0.4, 0.5) is 0 Å². The fourth-order valence-corrected chi connectivity index (χ4v) is 3.33. The maximum atomic E-state index is 12.2. The third kappa shape index (κ3) is 5.76. The standard InChI is InChI=1S/C13H21BrNO3P/c1-4-17-19(16,18-5-2)15-10-11(3)12-6-8-13(14)9-7-12/h6-9,11H,4-5,10H2,1-3H3,(H,15,16). The van der Waals surface area contributed by atoms with Gasteiger partial charge in [-0.2, -0.15) is 0 Å². The molecule has 1 atom stereocenters. The Morgan fingerprint density at radius 1 is 1.21 bits per heavy atom. The highest BCUT2D eigenvalue weighted by atomic mass is 79.9. The predicted molar refractivity (Wildman–Crippen MR) is 81.4 cm³/mol. The Morgan fingerprint density at radius 2 is 1.74 bits per heavy atom. The Labute approximate surface area is 123 Å². The first-order chi connectivity index (χ1) is 9.00. The van der Waals surface area contributed by atoms with Crippen molar-refractivity contribution in [2.45, 2.75) is 26.7 Å². The van der Waals surface area contributed by atoms with Crippen LogP contribution in [0.3, 0.4) is 0 Å². The van der Waals surface area contributed by atoms with E-state index in [1.165, 1.54) is 5.56 Å². The third-order valence-corrected chi connectivity index (χ3v) is 4.92. The van der Waals surface area contributed by atoms with Crippen LogP contribution in [-0.2, 0) is 13.6 Å². The number of benzene rings is 1. The summed E-state index contributed by atoms with van der Waals surface area (Å²) in [5.41, 5.74) is 1.18. The molecule has 1 aromatic carbocycles. The summed E-state index contributed by atoms with van der Waals surface area (Å²) in [4.78, 5) is 0. The lowest BCUT2D eigenvalue weighted by Crippen LogP contribution is -2.20. The molecule has 0 aliphatic rings. The van der Waals surface area contributed by atoms with Crippen LogP contribution in [0.25, 0.3) is 0 Å². The molecule has 6 heteroatoms. The summed E-state index contributed by atoms with van der Waals surface area (Å²) in [6.07, 6.45) is 0. The number of nitrogens with one attached hydrogen (secondary N) is 1. The average molecular weight is 350 g/mol. The van der Waals surface area contributed by atoms with E-state index in [1.54, 1.807) is 13.8 Å². The molecule has 1 rings (SSSR count). The highest BCUT2D eigenvalue weighted by Crippen LogP contribution is 2.43. The molecule has 0 saturated carbocycles. The fraction of sp³-hybridized carbons (Fsp3) is 0.538. The monoisotopic (exact) mass is 349 g/mol. The molecule has 0 amide bonds. The first kappa shape index (κ1) is 16.9. The maximum absolute atomic E-state index is 12.2. The van der Waals surface area contributed by atoms with Crippen LogP contribution >= 0.6 is 23.7 Å². The van der Waals surface area contributed by atoms with Crippen molar-refractivity contribution < 1.29 is 13.6 Å². The van der Waals surface area contributed by atoms with Crippen LogP contribution in [-0.4, -0.2) is 19.8 Å². The molecule has 0 saturated heterocycles. The normalized spacial score (nSPS) is 13.5. The lowest BCUT2D eigenvalue weighted by molar-refractivity contribution is 0.210. The van der Waals surface area contributed by atoms with Gasteiger partial charge < -0.3 is 0 Å². The van der Waals surface area contributed by atoms with Crippen molar-refractivity contribution >= 4 is 23.7 Å². The van der Waals surface area contributed by atoms with Gasteiger partial charge in [-0.15, -0.1) is 0 Å². The van der Waals surface area contributed by atoms with E-state index in [9.17, 15) is 4.57 Å². The van der Waals surface area contributed by atoms with Gasteiger partial charge in [-0.1, -0.05) is 35.0 Å². The number of hydrogen-bond acceptors (Lipinski definition) is 3. The quantitative estimate of drug-likeness (QED) is 0.710. The fourth-order valence-electron chi connectivity index (χ4n) is 1.63. The van der Waals surface area contributed by atoms with Crippen LogP contribution in [0.2, 0.25) is 0 Å². The Hall–Kier alpha value is -0.190. The Morgan fingerprint density at radius 3 is 2.21 bits per heavy atom. The Balaban J connectivity index is 2.58. The molecule has 0 aliphatic heterocycles. The second-order valence-electron chi connectivity index (χ2n) is 4.15. The summed E-state index contributed by atoms with van der Waals surface area (Å²) >= 11 is 3.41. The van der Waals surface area contributed by atoms with Gasteiger partial charge in [0.1, 0.15) is 0 Å². The van der Waals surface area contributed by atoms with Crippen LogP contribution in [0, 0.1) is 0 Å². The van der Waals surface area contributed by atoms with E-state index in [0.29, 0.717) is 19.8 Å². The molecule has 0 heterocycles. The maximum Gasteiger partial charge on any atom is 0.405 e. The Kier molecular flexibility index (Phi) is 7.26. The van der Waals surface area contributed by atoms with Gasteiger partial charge in [-0.25, -0.2) is 9.65 Å². The Bertz CT molecular complexity index is 414. The molecule has 0 bridgehead atoms. The van der Waals surface area contributed by atoms with Crippen molar-refractivity contribution in [2.24, 2.45) is 0 Å². The zero-order valence-corrected chi connectivity index (χ0v) is 14.0. The molecule has 0 fully saturated rings. The summed E-state index contributed by atoms with van der Waals surface area (Å²) in [7, 11) is -3.16. The van der Waals surface area contributed by atoms with Crippen molar-refractivity contribution in [3.05, 3.63) is 34.3 Å². The minimum Gasteiger partial charge on any atom is -0.297 e. The van der Waals surface area contributed by atoms with Crippen LogP contribution < -0.4 is 5.09 Å². The summed E-state index contributed by atoms with van der Waals surface area (Å²) in [6.45, 7) is 6.92. The molecule has 0 aromatic heterocycles. The molecule has 1 unspecified atom stereocenters. The van der Waals surface area contributed by atoms with Crippen LogP contribution in [0.5, 0.6) is 0 Å². The zero-order valence-electron chi connectivity index (χ0n) is 11.6. The van der Waals surface area contributed by atoms with E-state index in [-0.39, 0.29) is 5.92 Å².